The van der Waals surface area contributed by atoms with Crippen molar-refractivity contribution in [3.05, 3.63) is 48.0 Å². The minimum Gasteiger partial charge on any atom is -0.467 e. The molecule has 0 aliphatic carbocycles. The zero-order chi connectivity index (χ0) is 24.0. The molecule has 0 saturated carbocycles. The van der Waals surface area contributed by atoms with Gasteiger partial charge in [-0.05, 0) is 38.1 Å². The van der Waals surface area contributed by atoms with E-state index in [1.54, 1.807) is 31.6 Å². The van der Waals surface area contributed by atoms with E-state index in [0.717, 1.165) is 24.2 Å². The van der Waals surface area contributed by atoms with Crippen LogP contribution in [0, 0.1) is 5.82 Å². The van der Waals surface area contributed by atoms with Gasteiger partial charge in [0.1, 0.15) is 5.52 Å². The van der Waals surface area contributed by atoms with E-state index in [2.05, 4.69) is 44.4 Å². The summed E-state index contributed by atoms with van der Waals surface area (Å²) < 4.78 is 21.3. The van der Waals surface area contributed by atoms with Crippen LogP contribution in [0.1, 0.15) is 24.2 Å². The van der Waals surface area contributed by atoms with Crippen LogP contribution in [0.25, 0.3) is 21.8 Å². The molecule has 1 amide bonds. The molecule has 0 spiro atoms. The van der Waals surface area contributed by atoms with E-state index in [9.17, 15) is 9.18 Å². The summed E-state index contributed by atoms with van der Waals surface area (Å²) in [6, 6.07) is 7.43. The first-order chi connectivity index (χ1) is 16.3. The second kappa shape index (κ2) is 8.53. The second-order valence-electron chi connectivity index (χ2n) is 8.78. The van der Waals surface area contributed by atoms with Gasteiger partial charge in [-0.1, -0.05) is 0 Å². The maximum Gasteiger partial charge on any atom is 0.316 e. The molecule has 1 aliphatic heterocycles. The molecule has 9 nitrogen and oxygen atoms in total. The standard InChI is InChI=1S/C24H26FN7O2/c1-13-10-32(11-14(2)27-13)20-6-5-17(22-18(20)9-26-24(29-22)34-4)23(33)28-16-7-15-12-31(3)30-21(15)19(25)8-16/h5-9,12-14,27H,10-11H2,1-4H3,(H,28,33)/t13-,14-/m1/s1. The fourth-order valence-electron chi connectivity index (χ4n) is 4.65. The number of aromatic nitrogens is 4. The lowest BCUT2D eigenvalue weighted by atomic mass is 10.0. The molecule has 1 saturated heterocycles. The number of methoxy groups -OCH3 is 1. The Morgan fingerprint density at radius 2 is 1.97 bits per heavy atom. The zero-order valence-corrected chi connectivity index (χ0v) is 19.5. The summed E-state index contributed by atoms with van der Waals surface area (Å²) in [5, 5.41) is 11.8. The summed E-state index contributed by atoms with van der Waals surface area (Å²) >= 11 is 0. The normalized spacial score (nSPS) is 18.4. The van der Waals surface area contributed by atoms with Gasteiger partial charge in [0.2, 0.25) is 0 Å². The fourth-order valence-corrected chi connectivity index (χ4v) is 4.65. The monoisotopic (exact) mass is 463 g/mol. The summed E-state index contributed by atoms with van der Waals surface area (Å²) in [4.78, 5) is 24.4. The van der Waals surface area contributed by atoms with E-state index in [0.29, 0.717) is 34.2 Å². The van der Waals surface area contributed by atoms with Crippen molar-refractivity contribution in [1.82, 2.24) is 25.1 Å². The van der Waals surface area contributed by atoms with Crippen molar-refractivity contribution >= 4 is 39.1 Å². The Morgan fingerprint density at radius 3 is 2.71 bits per heavy atom. The number of ether oxygens (including phenoxy) is 1. The predicted molar refractivity (Wildman–Crippen MR) is 129 cm³/mol. The molecule has 0 radical (unpaired) electrons. The molecule has 2 aromatic heterocycles. The largest absolute Gasteiger partial charge is 0.467 e. The molecule has 0 bridgehead atoms. The Bertz CT molecular complexity index is 1390. The van der Waals surface area contributed by atoms with Crippen molar-refractivity contribution < 1.29 is 13.9 Å². The van der Waals surface area contributed by atoms with Gasteiger partial charge in [0.05, 0.1) is 18.2 Å². The molecule has 10 heteroatoms. The van der Waals surface area contributed by atoms with Gasteiger partial charge < -0.3 is 20.3 Å². The highest BCUT2D eigenvalue weighted by molar-refractivity contribution is 6.14. The average molecular weight is 464 g/mol. The van der Waals surface area contributed by atoms with Gasteiger partial charge in [0, 0.05) is 66.8 Å². The predicted octanol–water partition coefficient (Wildman–Crippen LogP) is 3.10. The first-order valence-electron chi connectivity index (χ1n) is 11.1. The van der Waals surface area contributed by atoms with Crippen molar-refractivity contribution in [2.75, 3.05) is 30.4 Å². The molecule has 1 aliphatic rings. The lowest BCUT2D eigenvalue weighted by Crippen LogP contribution is -2.54. The summed E-state index contributed by atoms with van der Waals surface area (Å²) in [5.74, 6) is -0.901. The van der Waals surface area contributed by atoms with Gasteiger partial charge in [-0.2, -0.15) is 10.1 Å². The minimum atomic E-state index is -0.500. The summed E-state index contributed by atoms with van der Waals surface area (Å²) in [7, 11) is 3.20. The Balaban J connectivity index is 1.54. The Kier molecular flexibility index (Phi) is 5.52. The van der Waals surface area contributed by atoms with Gasteiger partial charge in [-0.3, -0.25) is 9.48 Å². The van der Waals surface area contributed by atoms with Gasteiger partial charge in [-0.25, -0.2) is 9.37 Å². The van der Waals surface area contributed by atoms with E-state index < -0.39 is 11.7 Å². The number of fused-ring (bicyclic) bond motifs is 2. The molecule has 2 N–H and O–H groups in total. The van der Waals surface area contributed by atoms with Gasteiger partial charge in [0.15, 0.2) is 5.82 Å². The van der Waals surface area contributed by atoms with Crippen LogP contribution in [0.2, 0.25) is 0 Å². The number of nitrogens with zero attached hydrogens (tertiary/aromatic N) is 5. The van der Waals surface area contributed by atoms with Crippen molar-refractivity contribution in [2.45, 2.75) is 25.9 Å². The van der Waals surface area contributed by atoms with Gasteiger partial charge in [0.25, 0.3) is 5.91 Å². The van der Waals surface area contributed by atoms with Crippen LogP contribution in [0.15, 0.2) is 36.7 Å². The lowest BCUT2D eigenvalue weighted by Gasteiger charge is -2.38. The van der Waals surface area contributed by atoms with Crippen LogP contribution >= 0.6 is 0 Å². The fraction of sp³-hybridized carbons (Fsp3) is 0.333. The number of carbonyl (C=O) groups excluding carboxylic acids is 1. The van der Waals surface area contributed by atoms with Crippen molar-refractivity contribution in [2.24, 2.45) is 7.05 Å². The molecule has 0 unspecified atom stereocenters. The molecule has 3 heterocycles. The molecule has 2 aromatic carbocycles. The Hall–Kier alpha value is -3.79. The molecule has 176 valence electrons. The molecule has 34 heavy (non-hydrogen) atoms. The first kappa shape index (κ1) is 22.0. The Labute approximate surface area is 195 Å². The number of aryl methyl sites for hydroxylation is 1. The highest BCUT2D eigenvalue weighted by atomic mass is 19.1. The quantitative estimate of drug-likeness (QED) is 0.480. The number of rotatable bonds is 4. The topological polar surface area (TPSA) is 97.2 Å². The average Bonchev–Trinajstić information content (AvgIpc) is 3.18. The van der Waals surface area contributed by atoms with E-state index >= 15 is 0 Å². The van der Waals surface area contributed by atoms with Crippen LogP contribution in [0.3, 0.4) is 0 Å². The van der Waals surface area contributed by atoms with Crippen molar-refractivity contribution in [1.29, 1.82) is 0 Å². The van der Waals surface area contributed by atoms with Crippen LogP contribution < -0.4 is 20.3 Å². The number of carbonyl (C=O) groups is 1. The summed E-state index contributed by atoms with van der Waals surface area (Å²) in [6.45, 7) is 5.93. The van der Waals surface area contributed by atoms with Crippen LogP contribution in [0.5, 0.6) is 6.01 Å². The number of hydrogen-bond acceptors (Lipinski definition) is 7. The summed E-state index contributed by atoms with van der Waals surface area (Å²) in [6.07, 6.45) is 3.39. The Morgan fingerprint density at radius 1 is 1.21 bits per heavy atom. The van der Waals surface area contributed by atoms with Gasteiger partial charge in [-0.15, -0.1) is 0 Å². The number of hydrogen-bond donors (Lipinski definition) is 2. The first-order valence-corrected chi connectivity index (χ1v) is 11.1. The maximum absolute atomic E-state index is 14.5. The molecule has 5 rings (SSSR count). The van der Waals surface area contributed by atoms with Crippen molar-refractivity contribution in [3.8, 4) is 6.01 Å². The third-order valence-electron chi connectivity index (χ3n) is 5.97. The highest BCUT2D eigenvalue weighted by Crippen LogP contribution is 2.31. The molecule has 2 atom stereocenters. The van der Waals surface area contributed by atoms with Gasteiger partial charge >= 0.3 is 6.01 Å². The van der Waals surface area contributed by atoms with E-state index in [-0.39, 0.29) is 11.5 Å². The number of nitrogens with one attached hydrogen (secondary N) is 2. The number of benzene rings is 2. The third kappa shape index (κ3) is 4.01. The lowest BCUT2D eigenvalue weighted by molar-refractivity contribution is 0.102. The number of halogens is 1. The maximum atomic E-state index is 14.5. The summed E-state index contributed by atoms with van der Waals surface area (Å²) in [5.41, 5.74) is 2.38. The molecule has 1 fully saturated rings. The number of amides is 1. The molecular formula is C24H26FN7O2. The van der Waals surface area contributed by atoms with Crippen LogP contribution in [-0.4, -0.2) is 57.9 Å². The van der Waals surface area contributed by atoms with Crippen molar-refractivity contribution in [3.63, 3.8) is 0 Å². The number of piperazine rings is 1. The SMILES string of the molecule is COc1ncc2c(N3C[C@@H](C)N[C@H](C)C3)ccc(C(=O)Nc3cc(F)c4nn(C)cc4c3)c2n1. The highest BCUT2D eigenvalue weighted by Gasteiger charge is 2.25. The third-order valence-corrected chi connectivity index (χ3v) is 5.97. The molecular weight excluding hydrogens is 437 g/mol. The van der Waals surface area contributed by atoms with E-state index in [1.807, 2.05) is 6.07 Å². The van der Waals surface area contributed by atoms with E-state index in [1.165, 1.54) is 17.9 Å². The number of anilines is 2. The van der Waals surface area contributed by atoms with Crippen LogP contribution in [0.4, 0.5) is 15.8 Å². The molecule has 4 aromatic rings. The second-order valence-corrected chi connectivity index (χ2v) is 8.78. The smallest absolute Gasteiger partial charge is 0.316 e. The minimum absolute atomic E-state index is 0.170. The zero-order valence-electron chi connectivity index (χ0n) is 19.5. The van der Waals surface area contributed by atoms with E-state index in [4.69, 9.17) is 4.74 Å². The van der Waals surface area contributed by atoms with Crippen LogP contribution in [-0.2, 0) is 7.05 Å².